The Morgan fingerprint density at radius 2 is 2.33 bits per heavy atom. The highest BCUT2D eigenvalue weighted by molar-refractivity contribution is 5.66. The topological polar surface area (TPSA) is 75.1 Å². The molecule has 1 rings (SSSR count). The molecule has 1 aromatic rings. The normalized spacial score (nSPS) is 9.93. The molecule has 1 heterocycles. The van der Waals surface area contributed by atoms with Crippen molar-refractivity contribution in [3.8, 4) is 0 Å². The van der Waals surface area contributed by atoms with Crippen LogP contribution in [0, 0.1) is 0 Å². The van der Waals surface area contributed by atoms with Crippen molar-refractivity contribution in [2.24, 2.45) is 0 Å². The van der Waals surface area contributed by atoms with Crippen LogP contribution in [0.4, 0.5) is 5.82 Å². The second-order valence-corrected chi connectivity index (χ2v) is 3.17. The van der Waals surface area contributed by atoms with Gasteiger partial charge in [0.05, 0.1) is 0 Å². The Morgan fingerprint density at radius 1 is 1.53 bits per heavy atom. The minimum Gasteiger partial charge on any atom is -0.481 e. The number of nitrogens with one attached hydrogen (secondary N) is 1. The third-order valence-electron chi connectivity index (χ3n) is 1.96. The van der Waals surface area contributed by atoms with Gasteiger partial charge in [-0.25, -0.2) is 9.97 Å². The van der Waals surface area contributed by atoms with Gasteiger partial charge >= 0.3 is 5.97 Å². The predicted octanol–water partition coefficient (Wildman–Crippen LogP) is 1.32. The van der Waals surface area contributed by atoms with E-state index in [0.717, 1.165) is 17.9 Å². The summed E-state index contributed by atoms with van der Waals surface area (Å²) in [7, 11) is 0. The molecule has 0 radical (unpaired) electrons. The Morgan fingerprint density at radius 3 is 3.00 bits per heavy atom. The van der Waals surface area contributed by atoms with E-state index in [1.807, 2.05) is 13.0 Å². The van der Waals surface area contributed by atoms with Gasteiger partial charge in [-0.1, -0.05) is 6.92 Å². The van der Waals surface area contributed by atoms with E-state index in [0.29, 0.717) is 13.0 Å². The fourth-order valence-corrected chi connectivity index (χ4v) is 1.14. The Labute approximate surface area is 88.6 Å². The van der Waals surface area contributed by atoms with Gasteiger partial charge in [0.1, 0.15) is 12.1 Å². The summed E-state index contributed by atoms with van der Waals surface area (Å²) in [5, 5.41) is 11.5. The van der Waals surface area contributed by atoms with Crippen molar-refractivity contribution in [3.63, 3.8) is 0 Å². The van der Waals surface area contributed by atoms with E-state index in [9.17, 15) is 4.79 Å². The quantitative estimate of drug-likeness (QED) is 0.691. The fourth-order valence-electron chi connectivity index (χ4n) is 1.14. The van der Waals surface area contributed by atoms with Crippen LogP contribution in [0.15, 0.2) is 12.4 Å². The third kappa shape index (κ3) is 4.39. The van der Waals surface area contributed by atoms with Crippen molar-refractivity contribution in [1.29, 1.82) is 0 Å². The lowest BCUT2D eigenvalue weighted by Crippen LogP contribution is -2.06. The summed E-state index contributed by atoms with van der Waals surface area (Å²) in [5.74, 6) is -0.0130. The highest BCUT2D eigenvalue weighted by atomic mass is 16.4. The highest BCUT2D eigenvalue weighted by Crippen LogP contribution is 2.04. The minimum atomic E-state index is -0.770. The first-order valence-corrected chi connectivity index (χ1v) is 4.99. The van der Waals surface area contributed by atoms with E-state index in [1.165, 1.54) is 6.33 Å². The van der Waals surface area contributed by atoms with E-state index < -0.39 is 5.97 Å². The van der Waals surface area contributed by atoms with Gasteiger partial charge in [0.25, 0.3) is 0 Å². The zero-order chi connectivity index (χ0) is 11.1. The number of aryl methyl sites for hydroxylation is 1. The number of carbonyl (C=O) groups is 1. The monoisotopic (exact) mass is 209 g/mol. The number of hydrogen-bond acceptors (Lipinski definition) is 4. The van der Waals surface area contributed by atoms with Crippen LogP contribution in [0.1, 0.15) is 25.5 Å². The van der Waals surface area contributed by atoms with E-state index in [4.69, 9.17) is 5.11 Å². The largest absolute Gasteiger partial charge is 0.481 e. The summed E-state index contributed by atoms with van der Waals surface area (Å²) in [6, 6.07) is 1.88. The molecule has 0 aliphatic heterocycles. The maximum atomic E-state index is 10.3. The van der Waals surface area contributed by atoms with Crippen LogP contribution >= 0.6 is 0 Å². The summed E-state index contributed by atoms with van der Waals surface area (Å²) >= 11 is 0. The van der Waals surface area contributed by atoms with E-state index in [2.05, 4.69) is 15.3 Å². The lowest BCUT2D eigenvalue weighted by Gasteiger charge is -2.04. The van der Waals surface area contributed by atoms with Crippen LogP contribution in [0.5, 0.6) is 0 Å². The second kappa shape index (κ2) is 5.95. The van der Waals surface area contributed by atoms with Crippen LogP contribution in [0.2, 0.25) is 0 Å². The molecule has 0 spiro atoms. The van der Waals surface area contributed by atoms with Gasteiger partial charge < -0.3 is 10.4 Å². The van der Waals surface area contributed by atoms with E-state index in [-0.39, 0.29) is 6.42 Å². The number of aliphatic carboxylic acids is 1. The molecule has 0 saturated heterocycles. The maximum Gasteiger partial charge on any atom is 0.303 e. The summed E-state index contributed by atoms with van der Waals surface area (Å²) < 4.78 is 0. The molecule has 0 atom stereocenters. The summed E-state index contributed by atoms with van der Waals surface area (Å²) in [4.78, 5) is 18.4. The van der Waals surface area contributed by atoms with Crippen LogP contribution in [0.3, 0.4) is 0 Å². The lowest BCUT2D eigenvalue weighted by atomic mass is 10.3. The molecule has 5 heteroatoms. The fraction of sp³-hybridized carbons (Fsp3) is 0.500. The van der Waals surface area contributed by atoms with Gasteiger partial charge in [-0.3, -0.25) is 4.79 Å². The summed E-state index contributed by atoms with van der Waals surface area (Å²) in [6.07, 6.45) is 3.16. The van der Waals surface area contributed by atoms with Crippen molar-refractivity contribution in [1.82, 2.24) is 9.97 Å². The Hall–Kier alpha value is -1.65. The molecule has 0 amide bonds. The van der Waals surface area contributed by atoms with Crippen LogP contribution in [0.25, 0.3) is 0 Å². The van der Waals surface area contributed by atoms with Gasteiger partial charge in [-0.2, -0.15) is 0 Å². The standard InChI is InChI=1S/C10H15N3O2/c1-2-8-6-9(13-7-12-8)11-5-3-4-10(14)15/h6-7H,2-5H2,1H3,(H,14,15)(H,11,12,13). The molecule has 0 aliphatic rings. The van der Waals surface area contributed by atoms with Gasteiger partial charge in [0, 0.05) is 24.7 Å². The molecule has 15 heavy (non-hydrogen) atoms. The molecule has 0 aromatic carbocycles. The first-order valence-electron chi connectivity index (χ1n) is 4.99. The number of carboxylic acid groups (broad SMARTS) is 1. The van der Waals surface area contributed by atoms with Gasteiger partial charge in [-0.05, 0) is 12.8 Å². The third-order valence-corrected chi connectivity index (χ3v) is 1.96. The SMILES string of the molecule is CCc1cc(NCCCC(=O)O)ncn1. The number of carboxylic acids is 1. The highest BCUT2D eigenvalue weighted by Gasteiger charge is 1.98. The van der Waals surface area contributed by atoms with Crippen molar-refractivity contribution >= 4 is 11.8 Å². The van der Waals surface area contributed by atoms with Gasteiger partial charge in [0.2, 0.25) is 0 Å². The van der Waals surface area contributed by atoms with Gasteiger partial charge in [0.15, 0.2) is 0 Å². The smallest absolute Gasteiger partial charge is 0.303 e. The second-order valence-electron chi connectivity index (χ2n) is 3.17. The zero-order valence-corrected chi connectivity index (χ0v) is 8.73. The average molecular weight is 209 g/mol. The Bertz CT molecular complexity index is 328. The summed E-state index contributed by atoms with van der Waals surface area (Å²) in [6.45, 7) is 2.64. The first-order chi connectivity index (χ1) is 7.22. The predicted molar refractivity (Wildman–Crippen MR) is 56.8 cm³/mol. The minimum absolute atomic E-state index is 0.179. The number of rotatable bonds is 6. The van der Waals surface area contributed by atoms with Crippen molar-refractivity contribution < 1.29 is 9.90 Å². The number of nitrogens with zero attached hydrogens (tertiary/aromatic N) is 2. The lowest BCUT2D eigenvalue weighted by molar-refractivity contribution is -0.137. The molecule has 1 aromatic heterocycles. The maximum absolute atomic E-state index is 10.3. The molecule has 0 saturated carbocycles. The molecular weight excluding hydrogens is 194 g/mol. The van der Waals surface area contributed by atoms with Crippen molar-refractivity contribution in [2.75, 3.05) is 11.9 Å². The van der Waals surface area contributed by atoms with E-state index >= 15 is 0 Å². The average Bonchev–Trinajstić information content (AvgIpc) is 2.24. The molecule has 0 aliphatic carbocycles. The van der Waals surface area contributed by atoms with Crippen LogP contribution < -0.4 is 5.32 Å². The summed E-state index contributed by atoms with van der Waals surface area (Å²) in [5.41, 5.74) is 0.978. The Kier molecular flexibility index (Phi) is 4.53. The molecule has 2 N–H and O–H groups in total. The van der Waals surface area contributed by atoms with Crippen LogP contribution in [-0.4, -0.2) is 27.6 Å². The molecule has 82 valence electrons. The van der Waals surface area contributed by atoms with Crippen LogP contribution in [-0.2, 0) is 11.2 Å². The number of aromatic nitrogens is 2. The van der Waals surface area contributed by atoms with Crippen molar-refractivity contribution in [2.45, 2.75) is 26.2 Å². The first kappa shape index (κ1) is 11.4. The van der Waals surface area contributed by atoms with E-state index in [1.54, 1.807) is 0 Å². The molecule has 0 fully saturated rings. The van der Waals surface area contributed by atoms with Crippen molar-refractivity contribution in [3.05, 3.63) is 18.1 Å². The molecule has 0 bridgehead atoms. The zero-order valence-electron chi connectivity index (χ0n) is 8.73. The number of hydrogen-bond donors (Lipinski definition) is 2. The Balaban J connectivity index is 2.33. The number of anilines is 1. The molecule has 0 unspecified atom stereocenters. The molecule has 5 nitrogen and oxygen atoms in total. The van der Waals surface area contributed by atoms with Gasteiger partial charge in [-0.15, -0.1) is 0 Å². The molecular formula is C10H15N3O2.